The molecule has 1 nitrogen and oxygen atoms in total. The molecule has 0 saturated heterocycles. The van der Waals surface area contributed by atoms with Crippen molar-refractivity contribution < 1.29 is 4.79 Å². The van der Waals surface area contributed by atoms with Gasteiger partial charge in [0.05, 0.1) is 5.02 Å². The quantitative estimate of drug-likeness (QED) is 0.669. The fourth-order valence-electron chi connectivity index (χ4n) is 2.79. The molecule has 98 valence electrons. The number of ketones is 1. The molecule has 1 fully saturated rings. The first kappa shape index (κ1) is 14.1. The van der Waals surface area contributed by atoms with E-state index in [9.17, 15) is 4.79 Å². The first-order valence-corrected chi connectivity index (χ1v) is 7.78. The molecule has 0 amide bonds. The third-order valence-electron chi connectivity index (χ3n) is 3.94. The molecular formula is C15H18BrClO. The largest absolute Gasteiger partial charge is 0.294 e. The van der Waals surface area contributed by atoms with Crippen LogP contribution in [0.15, 0.2) is 22.7 Å². The van der Waals surface area contributed by atoms with Crippen molar-refractivity contribution in [2.24, 2.45) is 11.8 Å². The fourth-order valence-corrected chi connectivity index (χ4v) is 3.28. The van der Waals surface area contributed by atoms with Crippen molar-refractivity contribution >= 4 is 33.3 Å². The van der Waals surface area contributed by atoms with Gasteiger partial charge in [0.15, 0.2) is 5.78 Å². The SMILES string of the molecule is CCC1CCCC(C(=O)c2ccc(Cl)c(Br)c2)C1. The van der Waals surface area contributed by atoms with E-state index < -0.39 is 0 Å². The lowest BCUT2D eigenvalue weighted by Crippen LogP contribution is -2.22. The monoisotopic (exact) mass is 328 g/mol. The molecule has 1 aromatic carbocycles. The first-order valence-electron chi connectivity index (χ1n) is 6.61. The summed E-state index contributed by atoms with van der Waals surface area (Å²) in [6.45, 7) is 2.22. The molecule has 1 aliphatic rings. The van der Waals surface area contributed by atoms with Crippen molar-refractivity contribution in [2.45, 2.75) is 39.0 Å². The average molecular weight is 330 g/mol. The van der Waals surface area contributed by atoms with Crippen LogP contribution in [0.4, 0.5) is 0 Å². The van der Waals surface area contributed by atoms with E-state index in [0.717, 1.165) is 28.8 Å². The second kappa shape index (κ2) is 6.21. The van der Waals surface area contributed by atoms with Crippen molar-refractivity contribution in [2.75, 3.05) is 0 Å². The molecule has 0 bridgehead atoms. The van der Waals surface area contributed by atoms with Crippen LogP contribution in [0.1, 0.15) is 49.4 Å². The van der Waals surface area contributed by atoms with Gasteiger partial charge in [-0.2, -0.15) is 0 Å². The maximum absolute atomic E-state index is 12.5. The van der Waals surface area contributed by atoms with Crippen LogP contribution in [0, 0.1) is 11.8 Å². The van der Waals surface area contributed by atoms with Crippen molar-refractivity contribution in [1.82, 2.24) is 0 Å². The zero-order chi connectivity index (χ0) is 13.1. The molecule has 1 aromatic rings. The van der Waals surface area contributed by atoms with E-state index in [1.54, 1.807) is 6.07 Å². The van der Waals surface area contributed by atoms with Gasteiger partial charge in [-0.1, -0.05) is 37.8 Å². The maximum atomic E-state index is 12.5. The van der Waals surface area contributed by atoms with E-state index in [1.807, 2.05) is 12.1 Å². The molecule has 0 aromatic heterocycles. The van der Waals surface area contributed by atoms with Crippen molar-refractivity contribution in [3.8, 4) is 0 Å². The molecule has 2 unspecified atom stereocenters. The normalized spacial score (nSPS) is 23.9. The highest BCUT2D eigenvalue weighted by Gasteiger charge is 2.27. The zero-order valence-corrected chi connectivity index (χ0v) is 12.9. The molecule has 1 aliphatic carbocycles. The number of hydrogen-bond donors (Lipinski definition) is 0. The standard InChI is InChI=1S/C15H18BrClO/c1-2-10-4-3-5-11(8-10)15(18)12-6-7-14(17)13(16)9-12/h6-7,9-11H,2-5,8H2,1H3. The van der Waals surface area contributed by atoms with E-state index in [1.165, 1.54) is 19.3 Å². The molecule has 18 heavy (non-hydrogen) atoms. The van der Waals surface area contributed by atoms with E-state index in [2.05, 4.69) is 22.9 Å². The first-order chi connectivity index (χ1) is 8.61. The van der Waals surface area contributed by atoms with Crippen LogP contribution < -0.4 is 0 Å². The molecule has 0 aliphatic heterocycles. The Bertz CT molecular complexity index is 444. The molecule has 2 rings (SSSR count). The van der Waals surface area contributed by atoms with Crippen molar-refractivity contribution in [3.05, 3.63) is 33.3 Å². The van der Waals surface area contributed by atoms with Crippen LogP contribution in [-0.4, -0.2) is 5.78 Å². The maximum Gasteiger partial charge on any atom is 0.165 e. The van der Waals surface area contributed by atoms with Crippen LogP contribution in [0.2, 0.25) is 5.02 Å². The van der Waals surface area contributed by atoms with Crippen LogP contribution in [0.5, 0.6) is 0 Å². The van der Waals surface area contributed by atoms with Crippen LogP contribution in [-0.2, 0) is 0 Å². The highest BCUT2D eigenvalue weighted by Crippen LogP contribution is 2.34. The summed E-state index contributed by atoms with van der Waals surface area (Å²) in [7, 11) is 0. The van der Waals surface area contributed by atoms with E-state index in [4.69, 9.17) is 11.6 Å². The van der Waals surface area contributed by atoms with Crippen LogP contribution in [0.3, 0.4) is 0 Å². The minimum Gasteiger partial charge on any atom is -0.294 e. The topological polar surface area (TPSA) is 17.1 Å². The number of carbonyl (C=O) groups is 1. The van der Waals surface area contributed by atoms with Gasteiger partial charge in [-0.15, -0.1) is 0 Å². The molecule has 3 heteroatoms. The number of rotatable bonds is 3. The summed E-state index contributed by atoms with van der Waals surface area (Å²) in [6, 6.07) is 5.48. The minimum absolute atomic E-state index is 0.205. The zero-order valence-electron chi connectivity index (χ0n) is 10.6. The summed E-state index contributed by atoms with van der Waals surface area (Å²) < 4.78 is 0.804. The number of hydrogen-bond acceptors (Lipinski definition) is 1. The van der Waals surface area contributed by atoms with Gasteiger partial charge in [-0.25, -0.2) is 0 Å². The Labute approximate surface area is 122 Å². The molecule has 2 atom stereocenters. The fraction of sp³-hybridized carbons (Fsp3) is 0.533. The molecule has 0 radical (unpaired) electrons. The van der Waals surface area contributed by atoms with Gasteiger partial charge in [-0.3, -0.25) is 4.79 Å². The molecule has 0 N–H and O–H groups in total. The predicted molar refractivity (Wildman–Crippen MR) is 79.2 cm³/mol. The van der Waals surface area contributed by atoms with Crippen LogP contribution >= 0.6 is 27.5 Å². The Morgan fingerprint density at radius 1 is 1.44 bits per heavy atom. The molecule has 0 spiro atoms. The van der Waals surface area contributed by atoms with E-state index in [0.29, 0.717) is 5.02 Å². The average Bonchev–Trinajstić information content (AvgIpc) is 2.41. The number of benzene rings is 1. The van der Waals surface area contributed by atoms with Crippen molar-refractivity contribution in [1.29, 1.82) is 0 Å². The summed E-state index contributed by atoms with van der Waals surface area (Å²) >= 11 is 9.34. The summed E-state index contributed by atoms with van der Waals surface area (Å²) in [5.74, 6) is 1.21. The lowest BCUT2D eigenvalue weighted by Gasteiger charge is -2.27. The summed E-state index contributed by atoms with van der Waals surface area (Å²) in [6.07, 6.45) is 5.74. The van der Waals surface area contributed by atoms with Crippen molar-refractivity contribution in [3.63, 3.8) is 0 Å². The van der Waals surface area contributed by atoms with Gasteiger partial charge in [0, 0.05) is 16.0 Å². The summed E-state index contributed by atoms with van der Waals surface area (Å²) in [4.78, 5) is 12.5. The molecular weight excluding hydrogens is 312 g/mol. The summed E-state index contributed by atoms with van der Waals surface area (Å²) in [5, 5.41) is 0.654. The van der Waals surface area contributed by atoms with E-state index in [-0.39, 0.29) is 11.7 Å². The summed E-state index contributed by atoms with van der Waals surface area (Å²) in [5.41, 5.74) is 0.785. The van der Waals surface area contributed by atoms with Gasteiger partial charge < -0.3 is 0 Å². The van der Waals surface area contributed by atoms with Crippen LogP contribution in [0.25, 0.3) is 0 Å². The highest BCUT2D eigenvalue weighted by atomic mass is 79.9. The number of Topliss-reactive ketones (excluding diaryl/α,β-unsaturated/α-hetero) is 1. The third kappa shape index (κ3) is 3.16. The van der Waals surface area contributed by atoms with Gasteiger partial charge in [0.2, 0.25) is 0 Å². The Morgan fingerprint density at radius 3 is 2.89 bits per heavy atom. The van der Waals surface area contributed by atoms with E-state index >= 15 is 0 Å². The Balaban J connectivity index is 2.12. The van der Waals surface area contributed by atoms with Gasteiger partial charge in [0.1, 0.15) is 0 Å². The van der Waals surface area contributed by atoms with Gasteiger partial charge in [0.25, 0.3) is 0 Å². The predicted octanol–water partition coefficient (Wildman–Crippen LogP) is 5.50. The minimum atomic E-state index is 0.205. The Hall–Kier alpha value is -0.340. The second-order valence-corrected chi connectivity index (χ2v) is 6.39. The Kier molecular flexibility index (Phi) is 4.85. The number of halogens is 2. The lowest BCUT2D eigenvalue weighted by atomic mass is 9.77. The van der Waals surface area contributed by atoms with Gasteiger partial charge in [-0.05, 0) is 52.9 Å². The molecule has 1 saturated carbocycles. The lowest BCUT2D eigenvalue weighted by molar-refractivity contribution is 0.0862. The second-order valence-electron chi connectivity index (χ2n) is 5.13. The smallest absolute Gasteiger partial charge is 0.165 e. The number of carbonyl (C=O) groups excluding carboxylic acids is 1. The molecule has 0 heterocycles. The highest BCUT2D eigenvalue weighted by molar-refractivity contribution is 9.10. The Morgan fingerprint density at radius 2 is 2.22 bits per heavy atom. The van der Waals surface area contributed by atoms with Gasteiger partial charge >= 0.3 is 0 Å². The third-order valence-corrected chi connectivity index (χ3v) is 5.15.